The molecule has 2 aromatic carbocycles. The molecule has 3 rings (SSSR count). The van der Waals surface area contributed by atoms with Crippen LogP contribution in [0.3, 0.4) is 0 Å². The van der Waals surface area contributed by atoms with Crippen molar-refractivity contribution in [3.05, 3.63) is 64.9 Å². The van der Waals surface area contributed by atoms with Gasteiger partial charge in [0.2, 0.25) is 10.0 Å². The number of hydrogen-bond acceptors (Lipinski definition) is 5. The van der Waals surface area contributed by atoms with Gasteiger partial charge >= 0.3 is 0 Å². The maximum absolute atomic E-state index is 12.9. The number of nitrogens with zero attached hydrogens (tertiary/aromatic N) is 1. The molecule has 2 N–H and O–H groups in total. The maximum atomic E-state index is 12.9. The van der Waals surface area contributed by atoms with Crippen molar-refractivity contribution in [3.8, 4) is 16.9 Å². The molecule has 8 heteroatoms. The number of phenols is 1. The summed E-state index contributed by atoms with van der Waals surface area (Å²) in [6, 6.07) is 15.3. The summed E-state index contributed by atoms with van der Waals surface area (Å²) in [5, 5.41) is 14.6. The van der Waals surface area contributed by atoms with E-state index < -0.39 is 15.9 Å². The molecule has 6 nitrogen and oxygen atoms in total. The van der Waals surface area contributed by atoms with Gasteiger partial charge in [0.05, 0.1) is 15.5 Å². The quantitative estimate of drug-likeness (QED) is 0.544. The van der Waals surface area contributed by atoms with Crippen LogP contribution in [0.1, 0.15) is 23.5 Å². The van der Waals surface area contributed by atoms with E-state index in [2.05, 4.69) is 5.32 Å². The number of thiophene rings is 1. The predicted molar refractivity (Wildman–Crippen MR) is 116 cm³/mol. The van der Waals surface area contributed by atoms with Crippen LogP contribution in [0, 0.1) is 0 Å². The molecule has 0 atom stereocenters. The fraction of sp³-hybridized carbons (Fsp3) is 0.190. The summed E-state index contributed by atoms with van der Waals surface area (Å²) in [7, 11) is -3.71. The summed E-state index contributed by atoms with van der Waals surface area (Å²) < 4.78 is 26.8. The number of rotatable bonds is 7. The number of hydrogen-bond donors (Lipinski definition) is 2. The van der Waals surface area contributed by atoms with Gasteiger partial charge in [-0.1, -0.05) is 44.2 Å². The Hall–Kier alpha value is -2.68. The van der Waals surface area contributed by atoms with Crippen molar-refractivity contribution in [2.75, 3.05) is 18.4 Å². The van der Waals surface area contributed by atoms with E-state index in [1.54, 1.807) is 13.8 Å². The third-order valence-electron chi connectivity index (χ3n) is 4.52. The number of anilines is 1. The fourth-order valence-electron chi connectivity index (χ4n) is 3.00. The van der Waals surface area contributed by atoms with Crippen molar-refractivity contribution < 1.29 is 18.3 Å². The highest BCUT2D eigenvalue weighted by Crippen LogP contribution is 2.32. The highest BCUT2D eigenvalue weighted by atomic mass is 32.2. The Kier molecular flexibility index (Phi) is 6.36. The lowest BCUT2D eigenvalue weighted by atomic mass is 10.1. The third-order valence-corrected chi connectivity index (χ3v) is 7.47. The van der Waals surface area contributed by atoms with Crippen LogP contribution in [-0.2, 0) is 10.0 Å². The molecule has 0 unspecified atom stereocenters. The Bertz CT molecular complexity index is 1100. The molecule has 29 heavy (non-hydrogen) atoms. The van der Waals surface area contributed by atoms with Gasteiger partial charge < -0.3 is 10.4 Å². The molecule has 3 aromatic rings. The average Bonchev–Trinajstić information content (AvgIpc) is 3.21. The first-order valence-electron chi connectivity index (χ1n) is 9.15. The van der Waals surface area contributed by atoms with Crippen molar-refractivity contribution in [3.63, 3.8) is 0 Å². The molecular weight excluding hydrogens is 408 g/mol. The number of sulfonamides is 1. The second-order valence-corrected chi connectivity index (χ2v) is 9.11. The number of benzene rings is 2. The topological polar surface area (TPSA) is 86.7 Å². The minimum atomic E-state index is -3.71. The zero-order valence-corrected chi connectivity index (χ0v) is 17.8. The van der Waals surface area contributed by atoms with E-state index in [4.69, 9.17) is 0 Å². The molecular formula is C21H22N2O4S2. The lowest BCUT2D eigenvalue weighted by Gasteiger charge is -2.19. The van der Waals surface area contributed by atoms with Crippen molar-refractivity contribution in [1.29, 1.82) is 0 Å². The zero-order valence-electron chi connectivity index (χ0n) is 16.1. The molecule has 0 fully saturated rings. The first-order valence-corrected chi connectivity index (χ1v) is 11.5. The summed E-state index contributed by atoms with van der Waals surface area (Å²) in [4.78, 5) is 13.4. The summed E-state index contributed by atoms with van der Waals surface area (Å²) in [5.74, 6) is -0.610. The summed E-state index contributed by atoms with van der Waals surface area (Å²) in [5.41, 5.74) is 1.73. The first-order chi connectivity index (χ1) is 13.9. The predicted octanol–water partition coefficient (Wildman–Crippen LogP) is 4.40. The average molecular weight is 431 g/mol. The second kappa shape index (κ2) is 8.77. The standard InChI is InChI=1S/C21H22N2O4S2/c1-3-23(4-2)29(26,27)16-10-11-19(24)18(14-16)22-21(25)20-17(12-13-28-20)15-8-6-5-7-9-15/h5-14,24H,3-4H2,1-2H3,(H,22,25). The van der Waals surface area contributed by atoms with E-state index in [9.17, 15) is 18.3 Å². The molecule has 1 amide bonds. The normalized spacial score (nSPS) is 11.6. The number of nitrogens with one attached hydrogen (secondary N) is 1. The Labute approximate surface area is 174 Å². The van der Waals surface area contributed by atoms with Crippen LogP contribution in [-0.4, -0.2) is 36.8 Å². The van der Waals surface area contributed by atoms with Gasteiger partial charge in [-0.25, -0.2) is 8.42 Å². The van der Waals surface area contributed by atoms with Gasteiger partial charge in [-0.05, 0) is 35.2 Å². The van der Waals surface area contributed by atoms with Crippen molar-refractivity contribution >= 4 is 33.0 Å². The Balaban J connectivity index is 1.92. The van der Waals surface area contributed by atoms with E-state index in [0.717, 1.165) is 11.1 Å². The largest absolute Gasteiger partial charge is 0.506 e. The number of phenolic OH excluding ortho intramolecular Hbond substituents is 1. The van der Waals surface area contributed by atoms with Gasteiger partial charge in [-0.2, -0.15) is 4.31 Å². The highest BCUT2D eigenvalue weighted by Gasteiger charge is 2.23. The molecule has 0 aliphatic heterocycles. The van der Waals surface area contributed by atoms with Crippen LogP contribution in [0.15, 0.2) is 64.9 Å². The smallest absolute Gasteiger partial charge is 0.266 e. The first kappa shape index (κ1) is 21.0. The van der Waals surface area contributed by atoms with Crippen LogP contribution >= 0.6 is 11.3 Å². The Morgan fingerprint density at radius 2 is 1.76 bits per heavy atom. The molecule has 0 spiro atoms. The molecule has 1 heterocycles. The van der Waals surface area contributed by atoms with E-state index in [1.807, 2.05) is 41.8 Å². The summed E-state index contributed by atoms with van der Waals surface area (Å²) >= 11 is 1.28. The molecule has 0 aliphatic carbocycles. The number of amides is 1. The summed E-state index contributed by atoms with van der Waals surface area (Å²) in [6.07, 6.45) is 0. The van der Waals surface area contributed by atoms with Gasteiger partial charge in [0.15, 0.2) is 0 Å². The third kappa shape index (κ3) is 4.34. The van der Waals surface area contributed by atoms with Gasteiger partial charge in [0.1, 0.15) is 5.75 Å². The van der Waals surface area contributed by atoms with Gasteiger partial charge in [0.25, 0.3) is 5.91 Å². The van der Waals surface area contributed by atoms with Crippen LogP contribution in [0.25, 0.3) is 11.1 Å². The zero-order chi connectivity index (χ0) is 21.0. The second-order valence-electron chi connectivity index (χ2n) is 6.25. The minimum absolute atomic E-state index is 0.0174. The van der Waals surface area contributed by atoms with Crippen LogP contribution in [0.5, 0.6) is 5.75 Å². The molecule has 1 aromatic heterocycles. The number of aromatic hydroxyl groups is 1. The minimum Gasteiger partial charge on any atom is -0.506 e. The number of carbonyl (C=O) groups is 1. The fourth-order valence-corrected chi connectivity index (χ4v) is 5.29. The van der Waals surface area contributed by atoms with E-state index in [1.165, 1.54) is 33.8 Å². The van der Waals surface area contributed by atoms with Gasteiger partial charge in [-0.3, -0.25) is 4.79 Å². The van der Waals surface area contributed by atoms with Crippen molar-refractivity contribution in [2.24, 2.45) is 0 Å². The Morgan fingerprint density at radius 3 is 2.41 bits per heavy atom. The summed E-state index contributed by atoms with van der Waals surface area (Å²) in [6.45, 7) is 4.17. The van der Waals surface area contributed by atoms with E-state index in [-0.39, 0.29) is 16.3 Å². The SMILES string of the molecule is CCN(CC)S(=O)(=O)c1ccc(O)c(NC(=O)c2sccc2-c2ccccc2)c1. The molecule has 152 valence electrons. The highest BCUT2D eigenvalue weighted by molar-refractivity contribution is 7.89. The van der Waals surface area contributed by atoms with E-state index in [0.29, 0.717) is 18.0 Å². The Morgan fingerprint density at radius 1 is 1.07 bits per heavy atom. The number of carbonyl (C=O) groups excluding carboxylic acids is 1. The van der Waals surface area contributed by atoms with Gasteiger partial charge in [0, 0.05) is 18.7 Å². The monoisotopic (exact) mass is 430 g/mol. The molecule has 0 aliphatic rings. The van der Waals surface area contributed by atoms with Crippen LogP contribution < -0.4 is 5.32 Å². The van der Waals surface area contributed by atoms with Crippen LogP contribution in [0.2, 0.25) is 0 Å². The molecule has 0 saturated heterocycles. The molecule has 0 bridgehead atoms. The van der Waals surface area contributed by atoms with Crippen molar-refractivity contribution in [2.45, 2.75) is 18.7 Å². The van der Waals surface area contributed by atoms with Crippen molar-refractivity contribution in [1.82, 2.24) is 4.31 Å². The van der Waals surface area contributed by atoms with Crippen LogP contribution in [0.4, 0.5) is 5.69 Å². The lowest BCUT2D eigenvalue weighted by Crippen LogP contribution is -2.30. The molecule has 0 radical (unpaired) electrons. The van der Waals surface area contributed by atoms with Gasteiger partial charge in [-0.15, -0.1) is 11.3 Å². The van der Waals surface area contributed by atoms with E-state index >= 15 is 0 Å². The molecule has 0 saturated carbocycles. The lowest BCUT2D eigenvalue weighted by molar-refractivity contribution is 0.103. The maximum Gasteiger partial charge on any atom is 0.266 e.